The minimum absolute atomic E-state index is 0.326. The van der Waals surface area contributed by atoms with Gasteiger partial charge in [0, 0.05) is 23.1 Å². The Labute approximate surface area is 134 Å². The quantitative estimate of drug-likeness (QED) is 0.801. The number of carboxylic acids is 1. The summed E-state index contributed by atoms with van der Waals surface area (Å²) in [6.07, 6.45) is 0.725. The molecule has 1 aliphatic carbocycles. The summed E-state index contributed by atoms with van der Waals surface area (Å²) in [5, 5.41) is 14.0. The Balaban J connectivity index is 2.15. The molecule has 2 atom stereocenters. The van der Waals surface area contributed by atoms with E-state index in [2.05, 4.69) is 5.32 Å². The Morgan fingerprint density at radius 2 is 1.57 bits per heavy atom. The molecule has 23 heavy (non-hydrogen) atoms. The van der Waals surface area contributed by atoms with Gasteiger partial charge < -0.3 is 21.0 Å². The topological polar surface area (TPSA) is 112 Å². The van der Waals surface area contributed by atoms with Crippen molar-refractivity contribution in [2.75, 3.05) is 5.32 Å². The van der Waals surface area contributed by atoms with Crippen LogP contribution in [0.3, 0.4) is 0 Å². The molecular weight excluding hydrogens is 296 g/mol. The zero-order valence-electron chi connectivity index (χ0n) is 13.1. The molecular formula is C17H19N2O4-. The molecule has 0 spiro atoms. The van der Waals surface area contributed by atoms with Crippen LogP contribution in [0.25, 0.3) is 0 Å². The molecule has 1 aromatic rings. The number of allylic oxidation sites excluding steroid dienone is 2. The van der Waals surface area contributed by atoms with E-state index in [0.29, 0.717) is 24.1 Å². The van der Waals surface area contributed by atoms with Crippen LogP contribution in [-0.2, 0) is 9.59 Å². The van der Waals surface area contributed by atoms with Crippen molar-refractivity contribution in [1.82, 2.24) is 0 Å². The summed E-state index contributed by atoms with van der Waals surface area (Å²) in [5.74, 6) is -3.62. The lowest BCUT2D eigenvalue weighted by molar-refractivity contribution is -0.313. The molecule has 0 saturated carbocycles. The SMILES string of the molecule is CC1=C(C)C[C@@H](C(=O)Nc2ccc(C(N)=O)cc2)[C@@H](C(=O)[O-])C1. The van der Waals surface area contributed by atoms with Crippen molar-refractivity contribution in [3.05, 3.63) is 41.0 Å². The Morgan fingerprint density at radius 3 is 2.04 bits per heavy atom. The third-order valence-electron chi connectivity index (χ3n) is 4.34. The Bertz CT molecular complexity index is 676. The van der Waals surface area contributed by atoms with E-state index in [9.17, 15) is 19.5 Å². The summed E-state index contributed by atoms with van der Waals surface area (Å²) < 4.78 is 0. The number of carbonyl (C=O) groups is 3. The third kappa shape index (κ3) is 3.77. The van der Waals surface area contributed by atoms with Crippen LogP contribution in [0, 0.1) is 11.8 Å². The summed E-state index contributed by atoms with van der Waals surface area (Å²) >= 11 is 0. The monoisotopic (exact) mass is 315 g/mol. The predicted octanol–water partition coefficient (Wildman–Crippen LogP) is 0.837. The minimum Gasteiger partial charge on any atom is -0.550 e. The lowest BCUT2D eigenvalue weighted by atomic mass is 9.76. The van der Waals surface area contributed by atoms with Crippen molar-refractivity contribution in [2.45, 2.75) is 26.7 Å². The van der Waals surface area contributed by atoms with Crippen LogP contribution >= 0.6 is 0 Å². The molecule has 6 nitrogen and oxygen atoms in total. The smallest absolute Gasteiger partial charge is 0.248 e. The van der Waals surface area contributed by atoms with Crippen molar-refractivity contribution >= 4 is 23.5 Å². The molecule has 2 amide bonds. The maximum absolute atomic E-state index is 12.4. The van der Waals surface area contributed by atoms with E-state index in [1.54, 1.807) is 12.1 Å². The number of benzene rings is 1. The second kappa shape index (κ2) is 6.64. The molecule has 0 saturated heterocycles. The molecule has 0 radical (unpaired) electrons. The van der Waals surface area contributed by atoms with Gasteiger partial charge >= 0.3 is 0 Å². The fraction of sp³-hybridized carbons (Fsp3) is 0.353. The molecule has 0 bridgehead atoms. The Hall–Kier alpha value is -2.63. The standard InChI is InChI=1S/C17H20N2O4/c1-9-7-13(14(17(22)23)8-10(9)2)16(21)19-12-5-3-11(4-6-12)15(18)20/h3-6,13-14H,7-8H2,1-2H3,(H2,18,20)(H,19,21)(H,22,23)/p-1/t13-,14+/m1/s1. The zero-order chi connectivity index (χ0) is 17.1. The number of nitrogens with two attached hydrogens (primary N) is 1. The fourth-order valence-electron chi connectivity index (χ4n) is 2.77. The number of primary amides is 1. The molecule has 0 fully saturated rings. The van der Waals surface area contributed by atoms with Crippen molar-refractivity contribution in [3.63, 3.8) is 0 Å². The van der Waals surface area contributed by atoms with E-state index < -0.39 is 23.7 Å². The zero-order valence-corrected chi connectivity index (χ0v) is 13.1. The van der Waals surface area contributed by atoms with Gasteiger partial charge in [-0.3, -0.25) is 9.59 Å². The average molecular weight is 315 g/mol. The van der Waals surface area contributed by atoms with Crippen LogP contribution in [0.1, 0.15) is 37.0 Å². The molecule has 3 N–H and O–H groups in total. The normalized spacial score (nSPS) is 21.0. The van der Waals surface area contributed by atoms with Crippen LogP contribution in [-0.4, -0.2) is 17.8 Å². The number of carbonyl (C=O) groups excluding carboxylic acids is 3. The summed E-state index contributed by atoms with van der Waals surface area (Å²) in [5.41, 5.74) is 8.01. The third-order valence-corrected chi connectivity index (χ3v) is 4.34. The highest BCUT2D eigenvalue weighted by molar-refractivity contribution is 5.97. The van der Waals surface area contributed by atoms with Crippen LogP contribution in [0.2, 0.25) is 0 Å². The number of anilines is 1. The molecule has 0 unspecified atom stereocenters. The number of carboxylic acid groups (broad SMARTS) is 1. The number of amides is 2. The van der Waals surface area contributed by atoms with Crippen molar-refractivity contribution in [2.24, 2.45) is 17.6 Å². The van der Waals surface area contributed by atoms with Gasteiger partial charge in [-0.15, -0.1) is 0 Å². The molecule has 1 aliphatic rings. The summed E-state index contributed by atoms with van der Waals surface area (Å²) in [7, 11) is 0. The van der Waals surface area contributed by atoms with Gasteiger partial charge in [0.05, 0.1) is 5.92 Å². The Kier molecular flexibility index (Phi) is 4.83. The van der Waals surface area contributed by atoms with E-state index in [0.717, 1.165) is 11.1 Å². The lowest BCUT2D eigenvalue weighted by Gasteiger charge is -2.32. The van der Waals surface area contributed by atoms with Gasteiger partial charge in [-0.2, -0.15) is 0 Å². The second-order valence-electron chi connectivity index (χ2n) is 5.93. The van der Waals surface area contributed by atoms with E-state index in [4.69, 9.17) is 5.73 Å². The Morgan fingerprint density at radius 1 is 1.04 bits per heavy atom. The highest BCUT2D eigenvalue weighted by Crippen LogP contribution is 2.34. The number of hydrogen-bond donors (Lipinski definition) is 2. The molecule has 0 aromatic heterocycles. The van der Waals surface area contributed by atoms with Crippen LogP contribution in [0.5, 0.6) is 0 Å². The van der Waals surface area contributed by atoms with Crippen molar-refractivity contribution in [3.8, 4) is 0 Å². The maximum Gasteiger partial charge on any atom is 0.248 e. The minimum atomic E-state index is -1.21. The van der Waals surface area contributed by atoms with Gasteiger partial charge in [-0.1, -0.05) is 11.1 Å². The molecule has 1 aromatic carbocycles. The number of nitrogens with one attached hydrogen (secondary N) is 1. The summed E-state index contributed by atoms with van der Waals surface area (Å²) in [6, 6.07) is 6.13. The number of rotatable bonds is 4. The van der Waals surface area contributed by atoms with Gasteiger partial charge in [-0.05, 0) is 51.0 Å². The van der Waals surface area contributed by atoms with Crippen LogP contribution in [0.15, 0.2) is 35.4 Å². The van der Waals surface area contributed by atoms with Gasteiger partial charge in [0.15, 0.2) is 0 Å². The first-order valence-corrected chi connectivity index (χ1v) is 7.36. The fourth-order valence-corrected chi connectivity index (χ4v) is 2.77. The maximum atomic E-state index is 12.4. The van der Waals surface area contributed by atoms with E-state index in [1.165, 1.54) is 12.1 Å². The van der Waals surface area contributed by atoms with Gasteiger partial charge in [-0.25, -0.2) is 0 Å². The molecule has 2 rings (SSSR count). The first-order chi connectivity index (χ1) is 10.8. The van der Waals surface area contributed by atoms with Gasteiger partial charge in [0.25, 0.3) is 0 Å². The summed E-state index contributed by atoms with van der Waals surface area (Å²) in [4.78, 5) is 34.8. The average Bonchev–Trinajstić information content (AvgIpc) is 2.49. The lowest BCUT2D eigenvalue weighted by Crippen LogP contribution is -2.42. The first kappa shape index (κ1) is 16.7. The molecule has 0 heterocycles. The second-order valence-corrected chi connectivity index (χ2v) is 5.93. The predicted molar refractivity (Wildman–Crippen MR) is 83.2 cm³/mol. The summed E-state index contributed by atoms with van der Waals surface area (Å²) in [6.45, 7) is 3.78. The van der Waals surface area contributed by atoms with Crippen LogP contribution < -0.4 is 16.2 Å². The molecule has 6 heteroatoms. The first-order valence-electron chi connectivity index (χ1n) is 7.36. The van der Waals surface area contributed by atoms with E-state index >= 15 is 0 Å². The van der Waals surface area contributed by atoms with Crippen LogP contribution in [0.4, 0.5) is 5.69 Å². The van der Waals surface area contributed by atoms with E-state index in [1.807, 2.05) is 13.8 Å². The number of hydrogen-bond acceptors (Lipinski definition) is 4. The number of aliphatic carboxylic acids is 1. The van der Waals surface area contributed by atoms with Gasteiger partial charge in [0.1, 0.15) is 0 Å². The molecule has 122 valence electrons. The highest BCUT2D eigenvalue weighted by atomic mass is 16.4. The largest absolute Gasteiger partial charge is 0.550 e. The van der Waals surface area contributed by atoms with Crippen molar-refractivity contribution in [1.29, 1.82) is 0 Å². The van der Waals surface area contributed by atoms with E-state index in [-0.39, 0.29) is 5.91 Å². The van der Waals surface area contributed by atoms with Crippen molar-refractivity contribution < 1.29 is 19.5 Å². The highest BCUT2D eigenvalue weighted by Gasteiger charge is 2.33. The molecule has 0 aliphatic heterocycles. The van der Waals surface area contributed by atoms with Gasteiger partial charge in [0.2, 0.25) is 11.8 Å².